The van der Waals surface area contributed by atoms with Crippen LogP contribution in [0.25, 0.3) is 17.4 Å². The van der Waals surface area contributed by atoms with Gasteiger partial charge in [0, 0.05) is 25.3 Å². The van der Waals surface area contributed by atoms with E-state index in [4.69, 9.17) is 33.0 Å². The maximum atomic E-state index is 12.3. The molecule has 1 aliphatic rings. The van der Waals surface area contributed by atoms with E-state index in [1.165, 1.54) is 11.8 Å². The zero-order chi connectivity index (χ0) is 19.4. The normalized spacial score (nSPS) is 15.3. The number of thiocarbonyl (C=S) groups is 1. The van der Waals surface area contributed by atoms with Gasteiger partial charge in [-0.3, -0.25) is 9.59 Å². The number of halogens is 1. The molecule has 1 saturated heterocycles. The number of carbonyl (C=O) groups is 2. The molecular weight excluding hydrogens is 408 g/mol. The summed E-state index contributed by atoms with van der Waals surface area (Å²) in [6, 6.07) is 8.56. The van der Waals surface area contributed by atoms with Gasteiger partial charge < -0.3 is 19.8 Å². The molecule has 3 rings (SSSR count). The van der Waals surface area contributed by atoms with Crippen LogP contribution in [0.5, 0.6) is 0 Å². The first-order valence-electron chi connectivity index (χ1n) is 7.89. The first-order chi connectivity index (χ1) is 13.0. The van der Waals surface area contributed by atoms with E-state index in [-0.39, 0.29) is 11.8 Å². The first-order valence-corrected chi connectivity index (χ1v) is 9.50. The molecule has 9 heteroatoms. The third kappa shape index (κ3) is 4.78. The van der Waals surface area contributed by atoms with E-state index in [9.17, 15) is 9.59 Å². The molecule has 0 unspecified atom stereocenters. The molecule has 1 aromatic carbocycles. The Morgan fingerprint density at radius 1 is 1.41 bits per heavy atom. The van der Waals surface area contributed by atoms with Crippen LogP contribution in [0, 0.1) is 0 Å². The molecule has 2 aromatic rings. The van der Waals surface area contributed by atoms with Gasteiger partial charge in [-0.2, -0.15) is 0 Å². The van der Waals surface area contributed by atoms with Gasteiger partial charge >= 0.3 is 0 Å². The standard InChI is InChI=1S/C18H15ClN2O4S2/c1-24-7-6-20-16(22)12-8-10(2-4-13(12)19)14-5-3-11(25-14)9-15-17(23)21-18(26)27-15/h2-5,8-9H,6-7H2,1H3,(H,20,22)(H,21,23,26)/b15-9+. The van der Waals surface area contributed by atoms with Gasteiger partial charge in [0.1, 0.15) is 15.8 Å². The Kier molecular flexibility index (Phi) is 6.33. The second-order valence-corrected chi connectivity index (χ2v) is 7.62. The van der Waals surface area contributed by atoms with Gasteiger partial charge in [0.2, 0.25) is 0 Å². The molecule has 2 heterocycles. The number of methoxy groups -OCH3 is 1. The number of nitrogens with one attached hydrogen (secondary N) is 2. The summed E-state index contributed by atoms with van der Waals surface area (Å²) >= 11 is 12.3. The van der Waals surface area contributed by atoms with E-state index in [1.54, 1.807) is 43.5 Å². The lowest BCUT2D eigenvalue weighted by Crippen LogP contribution is -2.27. The van der Waals surface area contributed by atoms with E-state index >= 15 is 0 Å². The van der Waals surface area contributed by atoms with Crippen LogP contribution in [0.15, 0.2) is 39.7 Å². The molecule has 0 bridgehead atoms. The fraction of sp³-hybridized carbons (Fsp3) is 0.167. The van der Waals surface area contributed by atoms with Gasteiger partial charge in [0.15, 0.2) is 0 Å². The molecule has 0 saturated carbocycles. The minimum absolute atomic E-state index is 0.246. The number of carbonyl (C=O) groups excluding carboxylic acids is 2. The maximum absolute atomic E-state index is 12.3. The summed E-state index contributed by atoms with van der Waals surface area (Å²) in [6.45, 7) is 0.796. The van der Waals surface area contributed by atoms with Crippen molar-refractivity contribution in [1.82, 2.24) is 10.6 Å². The zero-order valence-electron chi connectivity index (χ0n) is 14.2. The Hall–Kier alpha value is -2.13. The Bertz CT molecular complexity index is 939. The molecule has 0 aliphatic carbocycles. The topological polar surface area (TPSA) is 80.6 Å². The highest BCUT2D eigenvalue weighted by Crippen LogP contribution is 2.30. The number of thioether (sulfide) groups is 1. The molecule has 0 atom stereocenters. The van der Waals surface area contributed by atoms with E-state index in [0.29, 0.717) is 50.0 Å². The highest BCUT2D eigenvalue weighted by Gasteiger charge is 2.22. The summed E-state index contributed by atoms with van der Waals surface area (Å²) in [6.07, 6.45) is 1.62. The van der Waals surface area contributed by atoms with Crippen molar-refractivity contribution in [1.29, 1.82) is 0 Å². The Morgan fingerprint density at radius 2 is 2.22 bits per heavy atom. The molecular formula is C18H15ClN2O4S2. The Morgan fingerprint density at radius 3 is 2.93 bits per heavy atom. The fourth-order valence-corrected chi connectivity index (χ4v) is 3.58. The van der Waals surface area contributed by atoms with Crippen molar-refractivity contribution in [2.75, 3.05) is 20.3 Å². The average molecular weight is 423 g/mol. The van der Waals surface area contributed by atoms with Crippen molar-refractivity contribution in [2.24, 2.45) is 0 Å². The van der Waals surface area contributed by atoms with Crippen LogP contribution in [0.3, 0.4) is 0 Å². The summed E-state index contributed by atoms with van der Waals surface area (Å²) in [7, 11) is 1.56. The van der Waals surface area contributed by atoms with Crippen molar-refractivity contribution in [2.45, 2.75) is 0 Å². The molecule has 0 radical (unpaired) electrons. The quantitative estimate of drug-likeness (QED) is 0.421. The molecule has 6 nitrogen and oxygen atoms in total. The van der Waals surface area contributed by atoms with Gasteiger partial charge in [-0.15, -0.1) is 0 Å². The van der Waals surface area contributed by atoms with E-state index in [0.717, 1.165) is 0 Å². The van der Waals surface area contributed by atoms with Crippen molar-refractivity contribution >= 4 is 57.8 Å². The molecule has 1 fully saturated rings. The molecule has 2 amide bonds. The molecule has 1 aromatic heterocycles. The number of hydrogen-bond acceptors (Lipinski definition) is 6. The van der Waals surface area contributed by atoms with Crippen LogP contribution in [-0.4, -0.2) is 36.4 Å². The molecule has 1 aliphatic heterocycles. The lowest BCUT2D eigenvalue weighted by atomic mass is 10.1. The molecule has 140 valence electrons. The minimum atomic E-state index is -0.291. The van der Waals surface area contributed by atoms with Crippen LogP contribution in [0.2, 0.25) is 5.02 Å². The van der Waals surface area contributed by atoms with Crippen LogP contribution < -0.4 is 10.6 Å². The predicted molar refractivity (Wildman–Crippen MR) is 110 cm³/mol. The summed E-state index contributed by atoms with van der Waals surface area (Å²) in [5, 5.41) is 5.63. The van der Waals surface area contributed by atoms with Crippen LogP contribution in [-0.2, 0) is 9.53 Å². The minimum Gasteiger partial charge on any atom is -0.457 e. The van der Waals surface area contributed by atoms with Gasteiger partial charge in [0.25, 0.3) is 11.8 Å². The van der Waals surface area contributed by atoms with Crippen LogP contribution in [0.4, 0.5) is 0 Å². The summed E-state index contributed by atoms with van der Waals surface area (Å²) in [5.41, 5.74) is 1.04. The first kappa shape index (κ1) is 19.6. The van der Waals surface area contributed by atoms with Crippen molar-refractivity contribution in [3.05, 3.63) is 51.6 Å². The summed E-state index contributed by atoms with van der Waals surface area (Å²) in [5.74, 6) is 0.522. The number of ether oxygens (including phenoxy) is 1. The Balaban J connectivity index is 1.81. The molecule has 2 N–H and O–H groups in total. The van der Waals surface area contributed by atoms with Gasteiger partial charge in [-0.05, 0) is 30.3 Å². The summed E-state index contributed by atoms with van der Waals surface area (Å²) < 4.78 is 11.1. The van der Waals surface area contributed by atoms with Crippen LogP contribution in [0.1, 0.15) is 16.1 Å². The SMILES string of the molecule is COCCNC(=O)c1cc(-c2ccc(/C=C3/SC(=S)NC3=O)o2)ccc1Cl. The lowest BCUT2D eigenvalue weighted by Gasteiger charge is -2.07. The lowest BCUT2D eigenvalue weighted by molar-refractivity contribution is -0.115. The van der Waals surface area contributed by atoms with Crippen molar-refractivity contribution in [3.8, 4) is 11.3 Å². The largest absolute Gasteiger partial charge is 0.457 e. The highest BCUT2D eigenvalue weighted by atomic mass is 35.5. The second kappa shape index (κ2) is 8.71. The zero-order valence-corrected chi connectivity index (χ0v) is 16.6. The summed E-state index contributed by atoms with van der Waals surface area (Å²) in [4.78, 5) is 24.5. The van der Waals surface area contributed by atoms with Gasteiger partial charge in [-0.25, -0.2) is 0 Å². The third-order valence-corrected chi connectivity index (χ3v) is 5.12. The van der Waals surface area contributed by atoms with E-state index < -0.39 is 0 Å². The highest BCUT2D eigenvalue weighted by molar-refractivity contribution is 8.26. The Labute approximate surface area is 170 Å². The van der Waals surface area contributed by atoms with Crippen molar-refractivity contribution in [3.63, 3.8) is 0 Å². The van der Waals surface area contributed by atoms with E-state index in [1.807, 2.05) is 0 Å². The fourth-order valence-electron chi connectivity index (χ4n) is 2.35. The molecule has 0 spiro atoms. The third-order valence-electron chi connectivity index (χ3n) is 3.63. The second-order valence-electron chi connectivity index (χ2n) is 5.50. The van der Waals surface area contributed by atoms with Crippen molar-refractivity contribution < 1.29 is 18.7 Å². The number of hydrogen-bond donors (Lipinski definition) is 2. The number of amides is 2. The smallest absolute Gasteiger partial charge is 0.263 e. The van der Waals surface area contributed by atoms with Crippen LogP contribution >= 0.6 is 35.6 Å². The number of benzene rings is 1. The van der Waals surface area contributed by atoms with E-state index in [2.05, 4.69) is 10.6 Å². The average Bonchev–Trinajstić information content (AvgIpc) is 3.22. The van der Waals surface area contributed by atoms with Gasteiger partial charge in [0.05, 0.1) is 22.1 Å². The van der Waals surface area contributed by atoms with Gasteiger partial charge in [-0.1, -0.05) is 35.6 Å². The predicted octanol–water partition coefficient (Wildman–Crippen LogP) is 3.47. The number of furan rings is 1. The maximum Gasteiger partial charge on any atom is 0.263 e. The number of rotatable bonds is 6. The molecule has 27 heavy (non-hydrogen) atoms. The monoisotopic (exact) mass is 422 g/mol.